The molecular formula is C76H132O6. The molecule has 1 unspecified atom stereocenters. The van der Waals surface area contributed by atoms with Gasteiger partial charge < -0.3 is 14.2 Å². The Morgan fingerprint density at radius 2 is 0.488 bits per heavy atom. The number of allylic oxidation sites excluding steroid dienone is 16. The van der Waals surface area contributed by atoms with Crippen molar-refractivity contribution >= 4 is 17.9 Å². The lowest BCUT2D eigenvalue weighted by Crippen LogP contribution is -2.30. The second-order valence-corrected chi connectivity index (χ2v) is 23.4. The highest BCUT2D eigenvalue weighted by molar-refractivity contribution is 5.71. The summed E-state index contributed by atoms with van der Waals surface area (Å²) in [5.41, 5.74) is 0. The van der Waals surface area contributed by atoms with E-state index in [2.05, 4.69) is 118 Å². The summed E-state index contributed by atoms with van der Waals surface area (Å²) in [5, 5.41) is 0. The molecule has 0 aliphatic carbocycles. The van der Waals surface area contributed by atoms with Gasteiger partial charge in [0, 0.05) is 19.3 Å². The predicted molar refractivity (Wildman–Crippen MR) is 357 cm³/mol. The van der Waals surface area contributed by atoms with Gasteiger partial charge in [0.05, 0.1) is 0 Å². The summed E-state index contributed by atoms with van der Waals surface area (Å²) < 4.78 is 16.9. The fourth-order valence-corrected chi connectivity index (χ4v) is 10.0. The van der Waals surface area contributed by atoms with E-state index in [0.717, 1.165) is 128 Å². The Morgan fingerprint density at radius 3 is 0.780 bits per heavy atom. The summed E-state index contributed by atoms with van der Waals surface area (Å²) in [6, 6.07) is 0. The minimum atomic E-state index is -0.797. The third kappa shape index (κ3) is 67.1. The van der Waals surface area contributed by atoms with Crippen LogP contribution < -0.4 is 0 Å². The molecule has 0 aromatic heterocycles. The van der Waals surface area contributed by atoms with Crippen LogP contribution in [-0.2, 0) is 28.6 Å². The van der Waals surface area contributed by atoms with Crippen LogP contribution >= 0.6 is 0 Å². The van der Waals surface area contributed by atoms with Gasteiger partial charge in [0.15, 0.2) is 6.10 Å². The average molecular weight is 1140 g/mol. The highest BCUT2D eigenvalue weighted by Crippen LogP contribution is 2.17. The van der Waals surface area contributed by atoms with Gasteiger partial charge in [-0.25, -0.2) is 0 Å². The first-order chi connectivity index (χ1) is 40.5. The first-order valence-electron chi connectivity index (χ1n) is 35.2. The van der Waals surface area contributed by atoms with E-state index in [4.69, 9.17) is 14.2 Å². The van der Waals surface area contributed by atoms with Crippen molar-refractivity contribution in [1.29, 1.82) is 0 Å². The molecule has 6 nitrogen and oxygen atoms in total. The molecule has 0 bridgehead atoms. The SMILES string of the molecule is CC/C=C\C/C=C\C/C=C\C/C=C\CCCCCCC(=O)OC(COC(=O)CCCCCCC/C=C\C/C=C\CCCC)COC(=O)CCCCCCCCCCCCCCCCCCCCCCC/C=C\C/C=C\CCCCCCC. The molecule has 0 aliphatic heterocycles. The number of esters is 3. The lowest BCUT2D eigenvalue weighted by atomic mass is 10.0. The van der Waals surface area contributed by atoms with Gasteiger partial charge in [0.1, 0.15) is 13.2 Å². The summed E-state index contributed by atoms with van der Waals surface area (Å²) in [5.74, 6) is -0.915. The molecule has 0 fully saturated rings. The fraction of sp³-hybridized carbons (Fsp3) is 0.750. The van der Waals surface area contributed by atoms with Crippen molar-refractivity contribution in [3.63, 3.8) is 0 Å². The van der Waals surface area contributed by atoms with Crippen molar-refractivity contribution in [1.82, 2.24) is 0 Å². The van der Waals surface area contributed by atoms with Gasteiger partial charge >= 0.3 is 17.9 Å². The smallest absolute Gasteiger partial charge is 0.306 e. The summed E-state index contributed by atoms with van der Waals surface area (Å²) in [6.07, 6.45) is 94.5. The first-order valence-corrected chi connectivity index (χ1v) is 35.2. The summed E-state index contributed by atoms with van der Waals surface area (Å²) in [6.45, 7) is 6.48. The molecule has 82 heavy (non-hydrogen) atoms. The van der Waals surface area contributed by atoms with Crippen LogP contribution in [0.1, 0.15) is 348 Å². The Labute approximate surface area is 508 Å². The van der Waals surface area contributed by atoms with Gasteiger partial charge in [-0.3, -0.25) is 14.4 Å². The van der Waals surface area contributed by atoms with Gasteiger partial charge in [-0.2, -0.15) is 0 Å². The average Bonchev–Trinajstić information content (AvgIpc) is 3.48. The third-order valence-corrected chi connectivity index (χ3v) is 15.3. The molecule has 0 rings (SSSR count). The second kappa shape index (κ2) is 69.8. The molecular weight excluding hydrogens is 1010 g/mol. The number of hydrogen-bond acceptors (Lipinski definition) is 6. The molecule has 0 aliphatic rings. The van der Waals surface area contributed by atoms with Crippen LogP contribution in [0.25, 0.3) is 0 Å². The molecule has 1 atom stereocenters. The van der Waals surface area contributed by atoms with Crippen LogP contribution in [0.2, 0.25) is 0 Å². The van der Waals surface area contributed by atoms with E-state index in [0.29, 0.717) is 19.3 Å². The Morgan fingerprint density at radius 1 is 0.256 bits per heavy atom. The second-order valence-electron chi connectivity index (χ2n) is 23.4. The van der Waals surface area contributed by atoms with E-state index in [1.165, 1.54) is 180 Å². The molecule has 472 valence electrons. The normalized spacial score (nSPS) is 12.7. The van der Waals surface area contributed by atoms with Crippen molar-refractivity contribution in [2.24, 2.45) is 0 Å². The molecule has 0 aromatic carbocycles. The minimum absolute atomic E-state index is 0.0897. The summed E-state index contributed by atoms with van der Waals surface area (Å²) in [7, 11) is 0. The van der Waals surface area contributed by atoms with Gasteiger partial charge in [-0.1, -0.05) is 311 Å². The molecule has 0 spiro atoms. The summed E-state index contributed by atoms with van der Waals surface area (Å²) in [4.78, 5) is 38.4. The molecule has 0 saturated heterocycles. The van der Waals surface area contributed by atoms with E-state index in [9.17, 15) is 14.4 Å². The lowest BCUT2D eigenvalue weighted by Gasteiger charge is -2.18. The molecule has 0 radical (unpaired) electrons. The fourth-order valence-electron chi connectivity index (χ4n) is 10.0. The number of ether oxygens (including phenoxy) is 3. The van der Waals surface area contributed by atoms with E-state index >= 15 is 0 Å². The van der Waals surface area contributed by atoms with E-state index in [1.807, 2.05) is 0 Å². The number of rotatable bonds is 64. The van der Waals surface area contributed by atoms with E-state index in [-0.39, 0.29) is 31.1 Å². The topological polar surface area (TPSA) is 78.9 Å². The van der Waals surface area contributed by atoms with Crippen molar-refractivity contribution < 1.29 is 28.6 Å². The van der Waals surface area contributed by atoms with Gasteiger partial charge in [0.25, 0.3) is 0 Å². The molecule has 0 saturated carbocycles. The van der Waals surface area contributed by atoms with Crippen LogP contribution in [-0.4, -0.2) is 37.2 Å². The maximum Gasteiger partial charge on any atom is 0.306 e. The van der Waals surface area contributed by atoms with Crippen LogP contribution in [0.5, 0.6) is 0 Å². The van der Waals surface area contributed by atoms with Crippen molar-refractivity contribution in [2.45, 2.75) is 354 Å². The molecule has 0 aromatic rings. The Balaban J connectivity index is 4.19. The number of carbonyl (C=O) groups is 3. The minimum Gasteiger partial charge on any atom is -0.462 e. The van der Waals surface area contributed by atoms with Gasteiger partial charge in [-0.05, 0) is 116 Å². The molecule has 0 heterocycles. The van der Waals surface area contributed by atoms with Crippen LogP contribution in [0, 0.1) is 0 Å². The molecule has 0 N–H and O–H groups in total. The van der Waals surface area contributed by atoms with Crippen LogP contribution in [0.15, 0.2) is 97.2 Å². The Bertz CT molecular complexity index is 1590. The maximum atomic E-state index is 12.9. The number of carbonyl (C=O) groups excluding carboxylic acids is 3. The van der Waals surface area contributed by atoms with Crippen LogP contribution in [0.4, 0.5) is 0 Å². The van der Waals surface area contributed by atoms with E-state index < -0.39 is 6.10 Å². The van der Waals surface area contributed by atoms with Crippen LogP contribution in [0.3, 0.4) is 0 Å². The van der Waals surface area contributed by atoms with Crippen molar-refractivity contribution in [3.05, 3.63) is 97.2 Å². The standard InChI is InChI=1S/C76H132O6/c1-4-7-10-13-16-19-22-25-28-30-31-32-33-34-35-36-37-38-39-40-41-42-43-44-45-47-48-51-54-57-60-63-66-69-75(78)81-72-73(71-80-74(77)68-65-62-59-56-53-50-27-24-21-18-15-12-9-6-3)82-76(79)70-67-64-61-58-55-52-49-46-29-26-23-20-17-14-11-8-5-2/h8,11,15,17-18,20,22,24-27,29-31,49,52,73H,4-7,9-10,12-14,16,19,21,23,28,32-48,50-51,53-72H2,1-3H3/b11-8-,18-15-,20-17-,25-22-,27-24-,29-26-,31-30-,52-49-. The summed E-state index contributed by atoms with van der Waals surface area (Å²) >= 11 is 0. The zero-order chi connectivity index (χ0) is 59.2. The Kier molecular flexibility index (Phi) is 66.7. The quantitative estimate of drug-likeness (QED) is 0.0261. The molecule has 0 amide bonds. The first kappa shape index (κ1) is 78.3. The highest BCUT2D eigenvalue weighted by Gasteiger charge is 2.19. The zero-order valence-electron chi connectivity index (χ0n) is 54.2. The molecule has 6 heteroatoms. The van der Waals surface area contributed by atoms with E-state index in [1.54, 1.807) is 0 Å². The number of unbranched alkanes of at least 4 members (excludes halogenated alkanes) is 37. The van der Waals surface area contributed by atoms with Gasteiger partial charge in [0.2, 0.25) is 0 Å². The van der Waals surface area contributed by atoms with Gasteiger partial charge in [-0.15, -0.1) is 0 Å². The van der Waals surface area contributed by atoms with Crippen molar-refractivity contribution in [3.8, 4) is 0 Å². The third-order valence-electron chi connectivity index (χ3n) is 15.3. The Hall–Kier alpha value is -3.67. The number of hydrogen-bond donors (Lipinski definition) is 0. The zero-order valence-corrected chi connectivity index (χ0v) is 54.2. The van der Waals surface area contributed by atoms with Crippen molar-refractivity contribution in [2.75, 3.05) is 13.2 Å². The monoisotopic (exact) mass is 1140 g/mol. The maximum absolute atomic E-state index is 12.9. The highest BCUT2D eigenvalue weighted by atomic mass is 16.6. The predicted octanol–water partition coefficient (Wildman–Crippen LogP) is 24.4. The largest absolute Gasteiger partial charge is 0.462 e. The lowest BCUT2D eigenvalue weighted by molar-refractivity contribution is -0.167.